The first-order valence-corrected chi connectivity index (χ1v) is 9.92. The van der Waals surface area contributed by atoms with Gasteiger partial charge in [-0.05, 0) is 50.6 Å². The van der Waals surface area contributed by atoms with Gasteiger partial charge in [-0.1, -0.05) is 0 Å². The molecular weight excluding hydrogens is 328 g/mol. The van der Waals surface area contributed by atoms with Crippen molar-refractivity contribution in [1.29, 1.82) is 0 Å². The van der Waals surface area contributed by atoms with Gasteiger partial charge >= 0.3 is 0 Å². The molecule has 0 spiro atoms. The molecular formula is C20H26N4O2. The number of piperidine rings is 2. The van der Waals surface area contributed by atoms with Crippen molar-refractivity contribution in [3.8, 4) is 0 Å². The topological polar surface area (TPSA) is 61.6 Å². The molecule has 5 heterocycles. The van der Waals surface area contributed by atoms with Crippen LogP contribution in [0.1, 0.15) is 42.6 Å². The number of nitrogens with zero attached hydrogens (tertiary/aromatic N) is 3. The largest absolute Gasteiger partial charge is 0.439 e. The number of aromatic nitrogens is 1. The number of fused-ring (bicyclic) bond motifs is 3. The molecule has 3 atom stereocenters. The Morgan fingerprint density at radius 1 is 1.15 bits per heavy atom. The maximum Gasteiger partial charge on any atom is 0.270 e. The van der Waals surface area contributed by atoms with Gasteiger partial charge in [-0.25, -0.2) is 4.98 Å². The van der Waals surface area contributed by atoms with Gasteiger partial charge in [0.05, 0.1) is 6.20 Å². The van der Waals surface area contributed by atoms with Gasteiger partial charge in [-0.15, -0.1) is 0 Å². The van der Waals surface area contributed by atoms with Crippen molar-refractivity contribution in [2.75, 3.05) is 37.6 Å². The fraction of sp³-hybridized carbons (Fsp3) is 0.600. The quantitative estimate of drug-likeness (QED) is 0.918. The lowest BCUT2D eigenvalue weighted by atomic mass is 9.97. The number of anilines is 1. The van der Waals surface area contributed by atoms with Crippen molar-refractivity contribution in [3.05, 3.63) is 24.0 Å². The zero-order valence-electron chi connectivity index (χ0n) is 15.1. The van der Waals surface area contributed by atoms with Crippen LogP contribution in [-0.2, 0) is 0 Å². The van der Waals surface area contributed by atoms with Crippen molar-refractivity contribution in [2.45, 2.75) is 38.1 Å². The molecule has 0 saturated carbocycles. The highest BCUT2D eigenvalue weighted by Gasteiger charge is 2.33. The molecule has 6 nitrogen and oxygen atoms in total. The summed E-state index contributed by atoms with van der Waals surface area (Å²) in [6.07, 6.45) is 7.76. The number of hydrogen-bond donors (Lipinski definition) is 1. The minimum atomic E-state index is -0.0693. The molecule has 1 unspecified atom stereocenters. The van der Waals surface area contributed by atoms with E-state index in [1.54, 1.807) is 6.20 Å². The molecule has 1 amide bonds. The van der Waals surface area contributed by atoms with E-state index in [4.69, 9.17) is 4.42 Å². The van der Waals surface area contributed by atoms with E-state index in [1.807, 2.05) is 12.1 Å². The SMILES string of the molecule is O=C(N[C@@H]1C[C@@H]2CCN(C2)C1)c1cc2cc(N3CCCCC3)oc2cn1. The number of amides is 1. The van der Waals surface area contributed by atoms with E-state index in [1.165, 1.54) is 38.8 Å². The summed E-state index contributed by atoms with van der Waals surface area (Å²) in [5, 5.41) is 4.14. The zero-order valence-corrected chi connectivity index (χ0v) is 15.1. The molecule has 3 aliphatic heterocycles. The van der Waals surface area contributed by atoms with Crippen LogP contribution in [-0.4, -0.2) is 54.6 Å². The standard InChI is InChI=1S/C20H26N4O2/c25-20(22-16-8-14-4-7-23(12-14)13-16)17-9-15-10-19(26-18(15)11-21-17)24-5-2-1-3-6-24/h9-11,14,16H,1-8,12-13H2,(H,22,25)/t14-,16+/m0/s1. The predicted molar refractivity (Wildman–Crippen MR) is 100 cm³/mol. The molecule has 3 saturated heterocycles. The molecule has 1 N–H and O–H groups in total. The minimum absolute atomic E-state index is 0.0693. The van der Waals surface area contributed by atoms with E-state index in [-0.39, 0.29) is 11.9 Å². The maximum atomic E-state index is 12.7. The molecule has 2 aromatic rings. The summed E-state index contributed by atoms with van der Waals surface area (Å²) >= 11 is 0. The Labute approximate surface area is 153 Å². The van der Waals surface area contributed by atoms with Gasteiger partial charge in [0.1, 0.15) is 5.69 Å². The summed E-state index contributed by atoms with van der Waals surface area (Å²) in [5.41, 5.74) is 1.24. The van der Waals surface area contributed by atoms with E-state index < -0.39 is 0 Å². The monoisotopic (exact) mass is 354 g/mol. The summed E-state index contributed by atoms with van der Waals surface area (Å²) in [7, 11) is 0. The molecule has 3 aliphatic rings. The number of carbonyl (C=O) groups is 1. The number of nitrogens with one attached hydrogen (secondary N) is 1. The lowest BCUT2D eigenvalue weighted by molar-refractivity contribution is 0.0904. The predicted octanol–water partition coefficient (Wildman–Crippen LogP) is 2.64. The van der Waals surface area contributed by atoms with E-state index >= 15 is 0 Å². The Balaban J connectivity index is 1.31. The van der Waals surface area contributed by atoms with E-state index in [9.17, 15) is 4.79 Å². The average molecular weight is 354 g/mol. The third-order valence-electron chi connectivity index (χ3n) is 6.09. The van der Waals surface area contributed by atoms with Crippen molar-refractivity contribution in [3.63, 3.8) is 0 Å². The summed E-state index contributed by atoms with van der Waals surface area (Å²) in [4.78, 5) is 21.8. The van der Waals surface area contributed by atoms with Gasteiger partial charge in [0.15, 0.2) is 11.5 Å². The second kappa shape index (κ2) is 6.58. The van der Waals surface area contributed by atoms with Gasteiger partial charge in [0.25, 0.3) is 5.91 Å². The number of rotatable bonds is 3. The smallest absolute Gasteiger partial charge is 0.270 e. The highest BCUT2D eigenvalue weighted by Crippen LogP contribution is 2.29. The average Bonchev–Trinajstić information content (AvgIpc) is 3.24. The molecule has 0 radical (unpaired) electrons. The molecule has 2 bridgehead atoms. The Morgan fingerprint density at radius 3 is 2.88 bits per heavy atom. The summed E-state index contributed by atoms with van der Waals surface area (Å²) in [5.74, 6) is 1.57. The number of pyridine rings is 1. The Hall–Kier alpha value is -2.08. The highest BCUT2D eigenvalue weighted by atomic mass is 16.4. The molecule has 0 aliphatic carbocycles. The third kappa shape index (κ3) is 3.07. The normalized spacial score (nSPS) is 28.5. The second-order valence-corrected chi connectivity index (χ2v) is 8.06. The molecule has 138 valence electrons. The molecule has 5 rings (SSSR count). The third-order valence-corrected chi connectivity index (χ3v) is 6.09. The lowest BCUT2D eigenvalue weighted by Gasteiger charge is -2.30. The molecule has 0 aromatic carbocycles. The van der Waals surface area contributed by atoms with Gasteiger partial charge in [-0.2, -0.15) is 0 Å². The van der Waals surface area contributed by atoms with Crippen LogP contribution < -0.4 is 10.2 Å². The molecule has 6 heteroatoms. The number of furan rings is 1. The highest BCUT2D eigenvalue weighted by molar-refractivity contribution is 5.96. The first-order chi connectivity index (χ1) is 12.7. The first-order valence-electron chi connectivity index (χ1n) is 9.92. The van der Waals surface area contributed by atoms with Crippen LogP contribution in [0.15, 0.2) is 22.7 Å². The van der Waals surface area contributed by atoms with Crippen molar-refractivity contribution in [2.24, 2.45) is 5.92 Å². The van der Waals surface area contributed by atoms with Crippen LogP contribution >= 0.6 is 0 Å². The van der Waals surface area contributed by atoms with Crippen LogP contribution in [0.25, 0.3) is 11.0 Å². The fourth-order valence-corrected chi connectivity index (χ4v) is 4.75. The van der Waals surface area contributed by atoms with E-state index in [0.29, 0.717) is 5.69 Å². The molecule has 3 fully saturated rings. The first kappa shape index (κ1) is 16.1. The Morgan fingerprint density at radius 2 is 2.04 bits per heavy atom. The van der Waals surface area contributed by atoms with Crippen molar-refractivity contribution >= 4 is 22.8 Å². The maximum absolute atomic E-state index is 12.7. The number of hydrogen-bond acceptors (Lipinski definition) is 5. The molecule has 26 heavy (non-hydrogen) atoms. The van der Waals surface area contributed by atoms with Crippen LogP contribution in [0.5, 0.6) is 0 Å². The van der Waals surface area contributed by atoms with Crippen LogP contribution in [0.3, 0.4) is 0 Å². The summed E-state index contributed by atoms with van der Waals surface area (Å²) < 4.78 is 5.95. The fourth-order valence-electron chi connectivity index (χ4n) is 4.75. The zero-order chi connectivity index (χ0) is 17.5. The van der Waals surface area contributed by atoms with E-state index in [0.717, 1.165) is 48.8 Å². The van der Waals surface area contributed by atoms with Crippen LogP contribution in [0, 0.1) is 5.92 Å². The van der Waals surface area contributed by atoms with Crippen molar-refractivity contribution < 1.29 is 9.21 Å². The van der Waals surface area contributed by atoms with Gasteiger partial charge in [0.2, 0.25) is 0 Å². The lowest BCUT2D eigenvalue weighted by Crippen LogP contribution is -2.47. The molecule has 2 aromatic heterocycles. The van der Waals surface area contributed by atoms with Crippen LogP contribution in [0.4, 0.5) is 5.88 Å². The van der Waals surface area contributed by atoms with Gasteiger partial charge in [0, 0.05) is 43.7 Å². The van der Waals surface area contributed by atoms with Gasteiger partial charge < -0.3 is 19.5 Å². The van der Waals surface area contributed by atoms with Crippen LogP contribution in [0.2, 0.25) is 0 Å². The minimum Gasteiger partial charge on any atom is -0.439 e. The van der Waals surface area contributed by atoms with Gasteiger partial charge in [-0.3, -0.25) is 4.79 Å². The van der Waals surface area contributed by atoms with Crippen molar-refractivity contribution in [1.82, 2.24) is 15.2 Å². The summed E-state index contributed by atoms with van der Waals surface area (Å²) in [6, 6.07) is 4.15. The number of carbonyl (C=O) groups excluding carboxylic acids is 1. The Bertz CT molecular complexity index is 799. The van der Waals surface area contributed by atoms with E-state index in [2.05, 4.69) is 20.1 Å². The second-order valence-electron chi connectivity index (χ2n) is 8.06. The summed E-state index contributed by atoms with van der Waals surface area (Å²) in [6.45, 7) is 5.43. The Kier molecular flexibility index (Phi) is 4.08.